The molecule has 1 atom stereocenters. The second-order valence-corrected chi connectivity index (χ2v) is 7.05. The molecule has 0 aliphatic carbocycles. The predicted octanol–water partition coefficient (Wildman–Crippen LogP) is 1.28. The molecule has 1 aromatic rings. The van der Waals surface area contributed by atoms with Crippen LogP contribution >= 0.6 is 0 Å². The summed E-state index contributed by atoms with van der Waals surface area (Å²) in [4.78, 5) is 11.5. The molecule has 1 rings (SSSR count). The lowest BCUT2D eigenvalue weighted by Crippen LogP contribution is -2.28. The van der Waals surface area contributed by atoms with Crippen LogP contribution in [-0.4, -0.2) is 66.6 Å². The van der Waals surface area contributed by atoms with Crippen LogP contribution in [0.1, 0.15) is 12.5 Å². The van der Waals surface area contributed by atoms with Gasteiger partial charge in [0.25, 0.3) is 10.1 Å². The SMILES string of the molecule is CC(OCCOCCOCCNC(=O)OCc1ccccc1)OS(C)(=O)=O. The molecule has 0 saturated heterocycles. The highest BCUT2D eigenvalue weighted by atomic mass is 32.2. The van der Waals surface area contributed by atoms with Crippen LogP contribution in [0.15, 0.2) is 30.3 Å². The lowest BCUT2D eigenvalue weighted by molar-refractivity contribution is -0.0825. The second-order valence-electron chi connectivity index (χ2n) is 5.45. The highest BCUT2D eigenvalue weighted by molar-refractivity contribution is 7.86. The molecule has 0 saturated carbocycles. The number of alkyl carbamates (subject to hydrolysis) is 1. The van der Waals surface area contributed by atoms with Crippen LogP contribution < -0.4 is 5.32 Å². The minimum absolute atomic E-state index is 0.200. The van der Waals surface area contributed by atoms with Crippen LogP contribution in [0, 0.1) is 0 Å². The highest BCUT2D eigenvalue weighted by Crippen LogP contribution is 2.00. The van der Waals surface area contributed by atoms with E-state index in [9.17, 15) is 13.2 Å². The van der Waals surface area contributed by atoms with Crippen molar-refractivity contribution in [1.82, 2.24) is 5.32 Å². The first-order valence-electron chi connectivity index (χ1n) is 8.47. The summed E-state index contributed by atoms with van der Waals surface area (Å²) in [6.07, 6.45) is -0.396. The smallest absolute Gasteiger partial charge is 0.407 e. The van der Waals surface area contributed by atoms with E-state index in [0.29, 0.717) is 26.4 Å². The lowest BCUT2D eigenvalue weighted by atomic mass is 10.2. The van der Waals surface area contributed by atoms with E-state index in [0.717, 1.165) is 11.8 Å². The first-order valence-corrected chi connectivity index (χ1v) is 10.3. The van der Waals surface area contributed by atoms with Gasteiger partial charge in [0.15, 0.2) is 6.29 Å². The van der Waals surface area contributed by atoms with Gasteiger partial charge in [-0.05, 0) is 12.5 Å². The van der Waals surface area contributed by atoms with Gasteiger partial charge in [-0.1, -0.05) is 30.3 Å². The van der Waals surface area contributed by atoms with E-state index in [1.54, 1.807) is 0 Å². The number of nitrogens with one attached hydrogen (secondary N) is 1. The molecule has 1 amide bonds. The fourth-order valence-corrected chi connectivity index (χ4v) is 2.42. The van der Waals surface area contributed by atoms with Crippen molar-refractivity contribution in [2.75, 3.05) is 45.8 Å². The van der Waals surface area contributed by atoms with Crippen LogP contribution in [0.3, 0.4) is 0 Å². The summed E-state index contributed by atoms with van der Waals surface area (Å²) in [5.74, 6) is 0. The number of amides is 1. The zero-order valence-corrected chi connectivity index (χ0v) is 16.4. The van der Waals surface area contributed by atoms with Gasteiger partial charge in [-0.25, -0.2) is 8.98 Å². The van der Waals surface area contributed by atoms with Crippen molar-refractivity contribution in [3.8, 4) is 0 Å². The van der Waals surface area contributed by atoms with Gasteiger partial charge in [-0.3, -0.25) is 0 Å². The molecule has 1 unspecified atom stereocenters. The predicted molar refractivity (Wildman–Crippen MR) is 97.6 cm³/mol. The van der Waals surface area contributed by atoms with Crippen molar-refractivity contribution >= 4 is 16.2 Å². The minimum atomic E-state index is -3.53. The molecule has 0 aliphatic rings. The van der Waals surface area contributed by atoms with E-state index in [2.05, 4.69) is 9.50 Å². The molecule has 0 spiro atoms. The van der Waals surface area contributed by atoms with Gasteiger partial charge in [-0.15, -0.1) is 0 Å². The molecular weight excluding hydrogens is 378 g/mol. The zero-order chi connectivity index (χ0) is 20.0. The van der Waals surface area contributed by atoms with Gasteiger partial charge in [0.05, 0.1) is 39.3 Å². The fraction of sp³-hybridized carbons (Fsp3) is 0.588. The van der Waals surface area contributed by atoms with E-state index in [1.165, 1.54) is 6.92 Å². The summed E-state index contributed by atoms with van der Waals surface area (Å²) < 4.78 is 47.1. The molecular formula is C17H27NO8S. The van der Waals surface area contributed by atoms with E-state index in [1.807, 2.05) is 30.3 Å². The molecule has 0 aliphatic heterocycles. The molecule has 10 heteroatoms. The Labute approximate surface area is 160 Å². The molecule has 154 valence electrons. The third kappa shape index (κ3) is 14.1. The van der Waals surface area contributed by atoms with E-state index < -0.39 is 22.5 Å². The normalized spacial score (nSPS) is 12.5. The van der Waals surface area contributed by atoms with Crippen molar-refractivity contribution in [2.24, 2.45) is 0 Å². The summed E-state index contributed by atoms with van der Waals surface area (Å²) in [5, 5.41) is 2.59. The Morgan fingerprint density at radius 1 is 1.04 bits per heavy atom. The van der Waals surface area contributed by atoms with E-state index in [-0.39, 0.29) is 19.8 Å². The topological polar surface area (TPSA) is 109 Å². The fourth-order valence-electron chi connectivity index (χ4n) is 1.87. The van der Waals surface area contributed by atoms with Crippen LogP contribution in [0.5, 0.6) is 0 Å². The molecule has 0 heterocycles. The van der Waals surface area contributed by atoms with E-state index in [4.69, 9.17) is 18.9 Å². The van der Waals surface area contributed by atoms with Crippen LogP contribution in [0.2, 0.25) is 0 Å². The molecule has 9 nitrogen and oxygen atoms in total. The van der Waals surface area contributed by atoms with Crippen LogP contribution in [0.4, 0.5) is 4.79 Å². The Hall–Kier alpha value is -1.72. The summed E-state index contributed by atoms with van der Waals surface area (Å²) in [6.45, 7) is 3.56. The Kier molecular flexibility index (Phi) is 11.6. The van der Waals surface area contributed by atoms with Gasteiger partial charge < -0.3 is 24.3 Å². The first-order chi connectivity index (χ1) is 12.9. The molecule has 0 bridgehead atoms. The number of rotatable bonds is 14. The molecule has 0 fully saturated rings. The Balaban J connectivity index is 1.88. The van der Waals surface area contributed by atoms with Gasteiger partial charge >= 0.3 is 6.09 Å². The molecule has 1 N–H and O–H groups in total. The van der Waals surface area contributed by atoms with Crippen molar-refractivity contribution in [3.05, 3.63) is 35.9 Å². The maximum atomic E-state index is 11.5. The maximum absolute atomic E-state index is 11.5. The molecule has 0 radical (unpaired) electrons. The summed E-state index contributed by atoms with van der Waals surface area (Å²) in [7, 11) is -3.53. The van der Waals surface area contributed by atoms with Gasteiger partial charge in [0, 0.05) is 6.54 Å². The summed E-state index contributed by atoms with van der Waals surface area (Å²) >= 11 is 0. The van der Waals surface area contributed by atoms with Gasteiger partial charge in [0.2, 0.25) is 0 Å². The largest absolute Gasteiger partial charge is 0.445 e. The van der Waals surface area contributed by atoms with E-state index >= 15 is 0 Å². The minimum Gasteiger partial charge on any atom is -0.445 e. The average molecular weight is 405 g/mol. The van der Waals surface area contributed by atoms with Crippen molar-refractivity contribution in [1.29, 1.82) is 0 Å². The molecule has 1 aromatic carbocycles. The number of hydrogen-bond donors (Lipinski definition) is 1. The number of carbonyl (C=O) groups is 1. The zero-order valence-electron chi connectivity index (χ0n) is 15.6. The highest BCUT2D eigenvalue weighted by Gasteiger charge is 2.09. The molecule has 0 aromatic heterocycles. The standard InChI is InChI=1S/C17H27NO8S/c1-15(26-27(2,20)21)24-13-12-23-11-10-22-9-8-18-17(19)25-14-16-6-4-3-5-7-16/h3-7,15H,8-14H2,1-2H3,(H,18,19). The summed E-state index contributed by atoms with van der Waals surface area (Å²) in [5.41, 5.74) is 0.919. The Morgan fingerprint density at radius 2 is 1.67 bits per heavy atom. The maximum Gasteiger partial charge on any atom is 0.407 e. The lowest BCUT2D eigenvalue weighted by Gasteiger charge is -2.12. The average Bonchev–Trinajstić information content (AvgIpc) is 2.61. The van der Waals surface area contributed by atoms with Crippen molar-refractivity contribution < 1.29 is 36.3 Å². The third-order valence-corrected chi connectivity index (χ3v) is 3.61. The number of ether oxygens (including phenoxy) is 4. The van der Waals surface area contributed by atoms with Crippen molar-refractivity contribution in [2.45, 2.75) is 19.8 Å². The Morgan fingerprint density at radius 3 is 2.33 bits per heavy atom. The second kappa shape index (κ2) is 13.4. The number of benzene rings is 1. The number of hydrogen-bond acceptors (Lipinski definition) is 8. The first kappa shape index (κ1) is 23.3. The van der Waals surface area contributed by atoms with Crippen molar-refractivity contribution in [3.63, 3.8) is 0 Å². The Bertz CT molecular complexity index is 623. The quantitative estimate of drug-likeness (QED) is 0.280. The monoisotopic (exact) mass is 405 g/mol. The van der Waals surface area contributed by atoms with Crippen LogP contribution in [-0.2, 0) is 39.9 Å². The third-order valence-electron chi connectivity index (χ3n) is 2.99. The summed E-state index contributed by atoms with van der Waals surface area (Å²) in [6, 6.07) is 9.40. The van der Waals surface area contributed by atoms with Gasteiger partial charge in [0.1, 0.15) is 6.61 Å². The number of carbonyl (C=O) groups excluding carboxylic acids is 1. The van der Waals surface area contributed by atoms with Crippen LogP contribution in [0.25, 0.3) is 0 Å². The van der Waals surface area contributed by atoms with Gasteiger partial charge in [-0.2, -0.15) is 8.42 Å². The molecule has 27 heavy (non-hydrogen) atoms.